The largest absolute Gasteiger partial charge is 0.494 e. The van der Waals surface area contributed by atoms with Gasteiger partial charge in [-0.2, -0.15) is 0 Å². The summed E-state index contributed by atoms with van der Waals surface area (Å²) in [4.78, 5) is 11.8. The average molecular weight is 339 g/mol. The number of carbonyl (C=O) groups is 1. The lowest BCUT2D eigenvalue weighted by molar-refractivity contribution is -0.121. The monoisotopic (exact) mass is 339 g/mol. The highest BCUT2D eigenvalue weighted by atomic mass is 16.5. The Kier molecular flexibility index (Phi) is 7.05. The van der Waals surface area contributed by atoms with Crippen LogP contribution in [0.5, 0.6) is 5.75 Å². The molecule has 134 valence electrons. The second-order valence-corrected chi connectivity index (χ2v) is 6.98. The number of ether oxygens (including phenoxy) is 1. The zero-order chi connectivity index (χ0) is 18.1. The van der Waals surface area contributed by atoms with Gasteiger partial charge in [-0.25, -0.2) is 0 Å². The van der Waals surface area contributed by atoms with Crippen LogP contribution in [0.1, 0.15) is 51.2 Å². The van der Waals surface area contributed by atoms with Crippen molar-refractivity contribution in [3.05, 3.63) is 65.7 Å². The number of carbonyl (C=O) groups excluding carboxylic acids is 1. The summed E-state index contributed by atoms with van der Waals surface area (Å²) in [5, 5.41) is 2.93. The Labute approximate surface area is 151 Å². The van der Waals surface area contributed by atoms with E-state index in [1.165, 1.54) is 5.56 Å². The van der Waals surface area contributed by atoms with Crippen LogP contribution in [0.15, 0.2) is 54.6 Å². The van der Waals surface area contributed by atoms with Crippen molar-refractivity contribution in [2.75, 3.05) is 6.61 Å². The van der Waals surface area contributed by atoms with E-state index in [9.17, 15) is 4.79 Å². The smallest absolute Gasteiger partial charge is 0.220 e. The molecular weight excluding hydrogens is 310 g/mol. The Hall–Kier alpha value is -2.29. The molecule has 2 aromatic carbocycles. The van der Waals surface area contributed by atoms with E-state index in [1.807, 2.05) is 42.5 Å². The normalized spacial score (nSPS) is 11.2. The van der Waals surface area contributed by atoms with Crippen LogP contribution < -0.4 is 10.1 Å². The topological polar surface area (TPSA) is 38.3 Å². The predicted molar refractivity (Wildman–Crippen MR) is 103 cm³/mol. The van der Waals surface area contributed by atoms with Crippen LogP contribution in [0.2, 0.25) is 0 Å². The molecule has 2 aromatic rings. The van der Waals surface area contributed by atoms with Crippen molar-refractivity contribution in [1.82, 2.24) is 5.32 Å². The standard InChI is InChI=1S/C22H29NO2/c1-4-22(2,3)19-12-14-20(15-13-19)25-16-8-11-21(24)23-17-18-9-6-5-7-10-18/h5-7,9-10,12-15H,4,8,11,16-17H2,1-3H3,(H,23,24). The maximum atomic E-state index is 11.8. The Morgan fingerprint density at radius 3 is 2.36 bits per heavy atom. The lowest BCUT2D eigenvalue weighted by atomic mass is 9.82. The van der Waals surface area contributed by atoms with E-state index in [4.69, 9.17) is 4.74 Å². The Morgan fingerprint density at radius 1 is 1.04 bits per heavy atom. The molecule has 0 aliphatic heterocycles. The van der Waals surface area contributed by atoms with E-state index >= 15 is 0 Å². The van der Waals surface area contributed by atoms with Gasteiger partial charge in [0.15, 0.2) is 0 Å². The molecule has 0 aliphatic carbocycles. The SMILES string of the molecule is CCC(C)(C)c1ccc(OCCCC(=O)NCc2ccccc2)cc1. The van der Waals surface area contributed by atoms with Gasteiger partial charge in [0.2, 0.25) is 5.91 Å². The zero-order valence-corrected chi connectivity index (χ0v) is 15.5. The zero-order valence-electron chi connectivity index (χ0n) is 15.5. The third-order valence-corrected chi connectivity index (χ3v) is 4.67. The number of hydrogen-bond donors (Lipinski definition) is 1. The number of benzene rings is 2. The first-order valence-electron chi connectivity index (χ1n) is 9.05. The van der Waals surface area contributed by atoms with Gasteiger partial charge < -0.3 is 10.1 Å². The molecule has 3 nitrogen and oxygen atoms in total. The Balaban J connectivity index is 1.66. The molecule has 0 radical (unpaired) electrons. The molecule has 25 heavy (non-hydrogen) atoms. The summed E-state index contributed by atoms with van der Waals surface area (Å²) < 4.78 is 5.74. The summed E-state index contributed by atoms with van der Waals surface area (Å²) in [5.74, 6) is 0.924. The van der Waals surface area contributed by atoms with Crippen LogP contribution >= 0.6 is 0 Å². The van der Waals surface area contributed by atoms with Gasteiger partial charge in [0.25, 0.3) is 0 Å². The van der Waals surface area contributed by atoms with Crippen LogP contribution in [0, 0.1) is 0 Å². The van der Waals surface area contributed by atoms with Crippen LogP contribution in [0.4, 0.5) is 0 Å². The summed E-state index contributed by atoms with van der Waals surface area (Å²) in [6.07, 6.45) is 2.29. The third kappa shape index (κ3) is 6.26. The molecule has 0 saturated heterocycles. The van der Waals surface area contributed by atoms with Gasteiger partial charge >= 0.3 is 0 Å². The molecule has 0 bridgehead atoms. The number of amides is 1. The molecule has 0 spiro atoms. The van der Waals surface area contributed by atoms with Crippen molar-refractivity contribution < 1.29 is 9.53 Å². The van der Waals surface area contributed by atoms with Gasteiger partial charge in [-0.1, -0.05) is 63.2 Å². The van der Waals surface area contributed by atoms with Crippen molar-refractivity contribution >= 4 is 5.91 Å². The Bertz CT molecular complexity index is 647. The Morgan fingerprint density at radius 2 is 1.72 bits per heavy atom. The van der Waals surface area contributed by atoms with Crippen LogP contribution in [-0.2, 0) is 16.8 Å². The predicted octanol–water partition coefficient (Wildman–Crippen LogP) is 4.85. The van der Waals surface area contributed by atoms with E-state index in [0.29, 0.717) is 26.0 Å². The molecule has 2 rings (SSSR count). The fourth-order valence-corrected chi connectivity index (χ4v) is 2.51. The lowest BCUT2D eigenvalue weighted by Gasteiger charge is -2.23. The number of nitrogens with one attached hydrogen (secondary N) is 1. The maximum Gasteiger partial charge on any atom is 0.220 e. The molecule has 0 aromatic heterocycles. The number of rotatable bonds is 9. The van der Waals surface area contributed by atoms with Gasteiger partial charge in [0.1, 0.15) is 5.75 Å². The van der Waals surface area contributed by atoms with E-state index < -0.39 is 0 Å². The van der Waals surface area contributed by atoms with Gasteiger partial charge in [-0.15, -0.1) is 0 Å². The molecule has 0 unspecified atom stereocenters. The van der Waals surface area contributed by atoms with E-state index in [-0.39, 0.29) is 11.3 Å². The minimum Gasteiger partial charge on any atom is -0.494 e. The second kappa shape index (κ2) is 9.26. The highest BCUT2D eigenvalue weighted by Gasteiger charge is 2.17. The molecule has 0 atom stereocenters. The minimum atomic E-state index is 0.0625. The molecule has 3 heteroatoms. The summed E-state index contributed by atoms with van der Waals surface area (Å²) in [7, 11) is 0. The van der Waals surface area contributed by atoms with E-state index in [1.54, 1.807) is 0 Å². The van der Waals surface area contributed by atoms with Crippen molar-refractivity contribution in [2.45, 2.75) is 52.0 Å². The van der Waals surface area contributed by atoms with Gasteiger partial charge in [-0.05, 0) is 41.5 Å². The van der Waals surface area contributed by atoms with Crippen LogP contribution in [0.25, 0.3) is 0 Å². The molecule has 0 aliphatic rings. The summed E-state index contributed by atoms with van der Waals surface area (Å²) in [6.45, 7) is 7.82. The van der Waals surface area contributed by atoms with Gasteiger partial charge in [0, 0.05) is 13.0 Å². The number of hydrogen-bond acceptors (Lipinski definition) is 2. The molecule has 0 fully saturated rings. The first kappa shape index (κ1) is 19.0. The molecule has 1 amide bonds. The quantitative estimate of drug-likeness (QED) is 0.663. The third-order valence-electron chi connectivity index (χ3n) is 4.67. The van der Waals surface area contributed by atoms with Crippen LogP contribution in [-0.4, -0.2) is 12.5 Å². The van der Waals surface area contributed by atoms with Crippen molar-refractivity contribution in [3.63, 3.8) is 0 Å². The first-order chi connectivity index (χ1) is 12.0. The summed E-state index contributed by atoms with van der Waals surface area (Å²) >= 11 is 0. The highest BCUT2D eigenvalue weighted by molar-refractivity contribution is 5.75. The van der Waals surface area contributed by atoms with Crippen LogP contribution in [0.3, 0.4) is 0 Å². The summed E-state index contributed by atoms with van der Waals surface area (Å²) in [6, 6.07) is 18.2. The van der Waals surface area contributed by atoms with Crippen molar-refractivity contribution in [2.24, 2.45) is 0 Å². The molecule has 0 heterocycles. The van der Waals surface area contributed by atoms with Gasteiger partial charge in [0.05, 0.1) is 6.61 Å². The maximum absolute atomic E-state index is 11.8. The average Bonchev–Trinajstić information content (AvgIpc) is 2.65. The van der Waals surface area contributed by atoms with E-state index in [0.717, 1.165) is 17.7 Å². The molecular formula is C22H29NO2. The molecule has 1 N–H and O–H groups in total. The van der Waals surface area contributed by atoms with Crippen molar-refractivity contribution in [3.8, 4) is 5.75 Å². The minimum absolute atomic E-state index is 0.0625. The fourth-order valence-electron chi connectivity index (χ4n) is 2.51. The second-order valence-electron chi connectivity index (χ2n) is 6.98. The fraction of sp³-hybridized carbons (Fsp3) is 0.409. The lowest BCUT2D eigenvalue weighted by Crippen LogP contribution is -2.22. The highest BCUT2D eigenvalue weighted by Crippen LogP contribution is 2.28. The summed E-state index contributed by atoms with van der Waals surface area (Å²) in [5.41, 5.74) is 2.62. The van der Waals surface area contributed by atoms with Gasteiger partial charge in [-0.3, -0.25) is 4.79 Å². The molecule has 0 saturated carbocycles. The van der Waals surface area contributed by atoms with Crippen molar-refractivity contribution in [1.29, 1.82) is 0 Å². The van der Waals surface area contributed by atoms with E-state index in [2.05, 4.69) is 38.2 Å². The first-order valence-corrected chi connectivity index (χ1v) is 9.05.